The SMILES string of the molecule is CCOc1c(Br)cc(Cl)cc1NC(C)c1ccc(F)cc1. The fourth-order valence-corrected chi connectivity index (χ4v) is 2.95. The summed E-state index contributed by atoms with van der Waals surface area (Å²) in [5.74, 6) is 0.474. The first kappa shape index (κ1) is 16.1. The van der Waals surface area contributed by atoms with Crippen LogP contribution in [0.5, 0.6) is 5.75 Å². The zero-order valence-corrected chi connectivity index (χ0v) is 14.1. The summed E-state index contributed by atoms with van der Waals surface area (Å²) in [6.07, 6.45) is 0. The van der Waals surface area contributed by atoms with Crippen molar-refractivity contribution in [3.05, 3.63) is 57.3 Å². The van der Waals surface area contributed by atoms with E-state index in [1.54, 1.807) is 18.2 Å². The highest BCUT2D eigenvalue weighted by Gasteiger charge is 2.13. The summed E-state index contributed by atoms with van der Waals surface area (Å²) in [5, 5.41) is 3.96. The van der Waals surface area contributed by atoms with E-state index in [0.29, 0.717) is 11.6 Å². The molecule has 0 fully saturated rings. The molecule has 5 heteroatoms. The molecule has 0 spiro atoms. The third-order valence-electron chi connectivity index (χ3n) is 3.04. The van der Waals surface area contributed by atoms with E-state index in [-0.39, 0.29) is 11.9 Å². The summed E-state index contributed by atoms with van der Waals surface area (Å²) in [6.45, 7) is 4.48. The lowest BCUT2D eigenvalue weighted by Crippen LogP contribution is -2.08. The van der Waals surface area contributed by atoms with Crippen molar-refractivity contribution in [2.45, 2.75) is 19.9 Å². The van der Waals surface area contributed by atoms with Gasteiger partial charge < -0.3 is 10.1 Å². The number of hydrogen-bond acceptors (Lipinski definition) is 2. The molecule has 0 aliphatic carbocycles. The van der Waals surface area contributed by atoms with Gasteiger partial charge in [-0.15, -0.1) is 0 Å². The lowest BCUT2D eigenvalue weighted by Gasteiger charge is -2.19. The number of rotatable bonds is 5. The predicted octanol–water partition coefficient (Wildman–Crippen LogP) is 5.81. The second-order valence-electron chi connectivity index (χ2n) is 4.61. The van der Waals surface area contributed by atoms with Crippen LogP contribution in [-0.4, -0.2) is 6.61 Å². The Morgan fingerprint density at radius 2 is 1.95 bits per heavy atom. The molecule has 0 aromatic heterocycles. The van der Waals surface area contributed by atoms with E-state index in [1.165, 1.54) is 12.1 Å². The van der Waals surface area contributed by atoms with Crippen molar-refractivity contribution >= 4 is 33.2 Å². The van der Waals surface area contributed by atoms with Crippen LogP contribution in [0.1, 0.15) is 25.5 Å². The van der Waals surface area contributed by atoms with Crippen molar-refractivity contribution in [3.8, 4) is 5.75 Å². The van der Waals surface area contributed by atoms with E-state index in [4.69, 9.17) is 16.3 Å². The number of anilines is 1. The molecule has 1 unspecified atom stereocenters. The van der Waals surface area contributed by atoms with Gasteiger partial charge in [0.05, 0.1) is 16.8 Å². The molecule has 0 aliphatic heterocycles. The van der Waals surface area contributed by atoms with Crippen LogP contribution in [0.2, 0.25) is 5.02 Å². The summed E-state index contributed by atoms with van der Waals surface area (Å²) in [6, 6.07) is 10.0. The van der Waals surface area contributed by atoms with Gasteiger partial charge in [0.25, 0.3) is 0 Å². The Kier molecular flexibility index (Phi) is 5.48. The number of nitrogens with one attached hydrogen (secondary N) is 1. The molecule has 21 heavy (non-hydrogen) atoms. The zero-order chi connectivity index (χ0) is 15.4. The maximum absolute atomic E-state index is 13.0. The fourth-order valence-electron chi connectivity index (χ4n) is 2.03. The standard InChI is InChI=1S/C16H16BrClFNO/c1-3-21-16-14(17)8-12(18)9-15(16)20-10(2)11-4-6-13(19)7-5-11/h4-10,20H,3H2,1-2H3. The Morgan fingerprint density at radius 3 is 2.57 bits per heavy atom. The average Bonchev–Trinajstić information content (AvgIpc) is 2.43. The minimum Gasteiger partial charge on any atom is -0.491 e. The van der Waals surface area contributed by atoms with Gasteiger partial charge in [0.2, 0.25) is 0 Å². The van der Waals surface area contributed by atoms with Gasteiger partial charge in [-0.3, -0.25) is 0 Å². The van der Waals surface area contributed by atoms with Gasteiger partial charge in [-0.2, -0.15) is 0 Å². The van der Waals surface area contributed by atoms with E-state index in [9.17, 15) is 4.39 Å². The Morgan fingerprint density at radius 1 is 1.29 bits per heavy atom. The van der Waals surface area contributed by atoms with Crippen LogP contribution in [0.3, 0.4) is 0 Å². The summed E-state index contributed by atoms with van der Waals surface area (Å²) < 4.78 is 19.4. The number of hydrogen-bond donors (Lipinski definition) is 1. The van der Waals surface area contributed by atoms with Crippen molar-refractivity contribution in [3.63, 3.8) is 0 Å². The van der Waals surface area contributed by atoms with Gasteiger partial charge in [0.1, 0.15) is 5.82 Å². The van der Waals surface area contributed by atoms with Crippen LogP contribution in [0.4, 0.5) is 10.1 Å². The number of halogens is 3. The second kappa shape index (κ2) is 7.14. The lowest BCUT2D eigenvalue weighted by molar-refractivity contribution is 0.339. The molecular formula is C16H16BrClFNO. The smallest absolute Gasteiger partial charge is 0.156 e. The predicted molar refractivity (Wildman–Crippen MR) is 88.8 cm³/mol. The average molecular weight is 373 g/mol. The Bertz CT molecular complexity index is 618. The largest absolute Gasteiger partial charge is 0.491 e. The first-order valence-electron chi connectivity index (χ1n) is 6.65. The highest BCUT2D eigenvalue weighted by atomic mass is 79.9. The molecule has 2 rings (SSSR count). The normalized spacial score (nSPS) is 12.0. The number of ether oxygens (including phenoxy) is 1. The highest BCUT2D eigenvalue weighted by molar-refractivity contribution is 9.10. The van der Waals surface area contributed by atoms with Crippen molar-refractivity contribution in [2.24, 2.45) is 0 Å². The van der Waals surface area contributed by atoms with Crippen LogP contribution in [0.15, 0.2) is 40.9 Å². The van der Waals surface area contributed by atoms with E-state index in [2.05, 4.69) is 21.2 Å². The van der Waals surface area contributed by atoms with Crippen LogP contribution in [-0.2, 0) is 0 Å². The van der Waals surface area contributed by atoms with Crippen molar-refractivity contribution in [1.82, 2.24) is 0 Å². The van der Waals surface area contributed by atoms with Gasteiger partial charge in [-0.1, -0.05) is 23.7 Å². The summed E-state index contributed by atoms with van der Waals surface area (Å²) in [7, 11) is 0. The Labute approximate surface area is 137 Å². The first-order chi connectivity index (χ1) is 10.0. The van der Waals surface area contributed by atoms with E-state index in [0.717, 1.165) is 21.5 Å². The molecule has 0 radical (unpaired) electrons. The van der Waals surface area contributed by atoms with E-state index in [1.807, 2.05) is 19.9 Å². The molecule has 2 aromatic carbocycles. The van der Waals surface area contributed by atoms with Gasteiger partial charge in [-0.25, -0.2) is 4.39 Å². The third kappa shape index (κ3) is 4.11. The Balaban J connectivity index is 2.27. The molecule has 0 heterocycles. The monoisotopic (exact) mass is 371 g/mol. The molecule has 0 saturated heterocycles. The highest BCUT2D eigenvalue weighted by Crippen LogP contribution is 2.38. The fraction of sp³-hybridized carbons (Fsp3) is 0.250. The number of benzene rings is 2. The van der Waals surface area contributed by atoms with Crippen molar-refractivity contribution in [2.75, 3.05) is 11.9 Å². The maximum atomic E-state index is 13.0. The summed E-state index contributed by atoms with van der Waals surface area (Å²) in [4.78, 5) is 0. The van der Waals surface area contributed by atoms with Gasteiger partial charge in [0.15, 0.2) is 5.75 Å². The van der Waals surface area contributed by atoms with Crippen LogP contribution in [0.25, 0.3) is 0 Å². The van der Waals surface area contributed by atoms with Crippen LogP contribution >= 0.6 is 27.5 Å². The first-order valence-corrected chi connectivity index (χ1v) is 7.82. The summed E-state index contributed by atoms with van der Waals surface area (Å²) in [5.41, 5.74) is 1.78. The van der Waals surface area contributed by atoms with Crippen molar-refractivity contribution < 1.29 is 9.13 Å². The van der Waals surface area contributed by atoms with Gasteiger partial charge >= 0.3 is 0 Å². The van der Waals surface area contributed by atoms with Crippen LogP contribution < -0.4 is 10.1 Å². The molecule has 0 saturated carbocycles. The van der Waals surface area contributed by atoms with Crippen LogP contribution in [0, 0.1) is 5.82 Å². The molecule has 2 aromatic rings. The second-order valence-corrected chi connectivity index (χ2v) is 5.91. The molecule has 2 nitrogen and oxygen atoms in total. The van der Waals surface area contributed by atoms with E-state index < -0.39 is 0 Å². The van der Waals surface area contributed by atoms with E-state index >= 15 is 0 Å². The Hall–Kier alpha value is -1.26. The molecule has 0 amide bonds. The van der Waals surface area contributed by atoms with Crippen molar-refractivity contribution in [1.29, 1.82) is 0 Å². The molecule has 1 atom stereocenters. The quantitative estimate of drug-likeness (QED) is 0.714. The molecule has 112 valence electrons. The summed E-state index contributed by atoms with van der Waals surface area (Å²) >= 11 is 9.55. The molecule has 0 bridgehead atoms. The molecule has 0 aliphatic rings. The van der Waals surface area contributed by atoms with Gasteiger partial charge in [-0.05, 0) is 59.6 Å². The third-order valence-corrected chi connectivity index (χ3v) is 3.85. The molecular weight excluding hydrogens is 357 g/mol. The lowest BCUT2D eigenvalue weighted by atomic mass is 10.1. The maximum Gasteiger partial charge on any atom is 0.156 e. The molecule has 1 N–H and O–H groups in total. The van der Waals surface area contributed by atoms with Gasteiger partial charge in [0, 0.05) is 11.1 Å². The topological polar surface area (TPSA) is 21.3 Å². The minimum absolute atomic E-state index is 0.00447. The zero-order valence-electron chi connectivity index (χ0n) is 11.8. The minimum atomic E-state index is -0.244.